The molecule has 1 N–H and O–H groups in total. The van der Waals surface area contributed by atoms with Gasteiger partial charge < -0.3 is 10.1 Å². The summed E-state index contributed by atoms with van der Waals surface area (Å²) in [6.07, 6.45) is 12.8. The summed E-state index contributed by atoms with van der Waals surface area (Å²) in [5.74, 6) is 0.906. The second-order valence-electron chi connectivity index (χ2n) is 5.20. The lowest BCUT2D eigenvalue weighted by Crippen LogP contribution is -2.17. The Morgan fingerprint density at radius 1 is 1.40 bits per heavy atom. The van der Waals surface area contributed by atoms with Crippen molar-refractivity contribution in [3.05, 3.63) is 24.8 Å². The van der Waals surface area contributed by atoms with Crippen LogP contribution in [0.15, 0.2) is 24.8 Å². The standard InChI is InChI=1S/C14H21N5O/c1-20-9-8-18-11-13(10-16-18)19-7-6-15-14(19)17-12-4-2-3-5-12/h6-7,10-12H,2-5,8-9H2,1H3,(H,15,17). The molecule has 0 spiro atoms. The molecule has 0 bridgehead atoms. The fourth-order valence-electron chi connectivity index (χ4n) is 2.66. The van der Waals surface area contributed by atoms with Gasteiger partial charge in [-0.2, -0.15) is 5.10 Å². The molecule has 2 aromatic heterocycles. The molecule has 0 aromatic carbocycles. The fourth-order valence-corrected chi connectivity index (χ4v) is 2.66. The first-order chi connectivity index (χ1) is 9.86. The smallest absolute Gasteiger partial charge is 0.207 e. The Morgan fingerprint density at radius 3 is 3.05 bits per heavy atom. The molecule has 0 unspecified atom stereocenters. The Bertz CT molecular complexity index is 541. The minimum Gasteiger partial charge on any atom is -0.383 e. The molecular formula is C14H21N5O. The highest BCUT2D eigenvalue weighted by molar-refractivity contribution is 5.40. The summed E-state index contributed by atoms with van der Waals surface area (Å²) in [4.78, 5) is 4.42. The second-order valence-corrected chi connectivity index (χ2v) is 5.20. The van der Waals surface area contributed by atoms with Crippen LogP contribution in [0.5, 0.6) is 0 Å². The lowest BCUT2D eigenvalue weighted by molar-refractivity contribution is 0.183. The van der Waals surface area contributed by atoms with Gasteiger partial charge in [0, 0.05) is 31.7 Å². The number of aromatic nitrogens is 4. The predicted octanol–water partition coefficient (Wildman–Crippen LogP) is 2.07. The Labute approximate surface area is 118 Å². The van der Waals surface area contributed by atoms with Crippen LogP contribution < -0.4 is 5.32 Å². The van der Waals surface area contributed by atoms with E-state index in [0.29, 0.717) is 12.6 Å². The first-order valence-corrected chi connectivity index (χ1v) is 7.18. The molecule has 108 valence electrons. The molecule has 0 saturated heterocycles. The maximum Gasteiger partial charge on any atom is 0.207 e. The normalized spacial score (nSPS) is 15.8. The second kappa shape index (κ2) is 6.09. The van der Waals surface area contributed by atoms with Gasteiger partial charge in [-0.25, -0.2) is 4.98 Å². The molecular weight excluding hydrogens is 254 g/mol. The lowest BCUT2D eigenvalue weighted by Gasteiger charge is -2.13. The number of methoxy groups -OCH3 is 1. The number of nitrogens with one attached hydrogen (secondary N) is 1. The van der Waals surface area contributed by atoms with Crippen molar-refractivity contribution in [3.63, 3.8) is 0 Å². The van der Waals surface area contributed by atoms with Crippen molar-refractivity contribution in [1.82, 2.24) is 19.3 Å². The highest BCUT2D eigenvalue weighted by atomic mass is 16.5. The zero-order chi connectivity index (χ0) is 13.8. The van der Waals surface area contributed by atoms with Gasteiger partial charge in [-0.15, -0.1) is 0 Å². The van der Waals surface area contributed by atoms with Gasteiger partial charge in [-0.3, -0.25) is 9.25 Å². The van der Waals surface area contributed by atoms with Crippen molar-refractivity contribution < 1.29 is 4.74 Å². The lowest BCUT2D eigenvalue weighted by atomic mass is 10.2. The molecule has 1 aliphatic carbocycles. The van der Waals surface area contributed by atoms with Gasteiger partial charge in [-0.1, -0.05) is 12.8 Å². The van der Waals surface area contributed by atoms with Crippen LogP contribution in [0.25, 0.3) is 5.69 Å². The van der Waals surface area contributed by atoms with Crippen LogP contribution >= 0.6 is 0 Å². The van der Waals surface area contributed by atoms with Crippen molar-refractivity contribution in [2.45, 2.75) is 38.3 Å². The van der Waals surface area contributed by atoms with E-state index in [1.807, 2.05) is 29.5 Å². The Hall–Kier alpha value is -1.82. The maximum absolute atomic E-state index is 5.07. The summed E-state index contributed by atoms with van der Waals surface area (Å²) >= 11 is 0. The molecule has 1 fully saturated rings. The van der Waals surface area contributed by atoms with Crippen molar-refractivity contribution in [3.8, 4) is 5.69 Å². The third-order valence-electron chi connectivity index (χ3n) is 3.75. The van der Waals surface area contributed by atoms with Crippen LogP contribution in [-0.2, 0) is 11.3 Å². The molecule has 20 heavy (non-hydrogen) atoms. The van der Waals surface area contributed by atoms with Gasteiger partial charge in [-0.05, 0) is 12.8 Å². The number of nitrogens with zero attached hydrogens (tertiary/aromatic N) is 4. The molecule has 0 aliphatic heterocycles. The third-order valence-corrected chi connectivity index (χ3v) is 3.75. The molecule has 6 nitrogen and oxygen atoms in total. The van der Waals surface area contributed by atoms with Gasteiger partial charge in [0.2, 0.25) is 5.95 Å². The van der Waals surface area contributed by atoms with E-state index >= 15 is 0 Å². The van der Waals surface area contributed by atoms with E-state index in [1.54, 1.807) is 7.11 Å². The number of ether oxygens (including phenoxy) is 1. The van der Waals surface area contributed by atoms with Crippen LogP contribution in [-0.4, -0.2) is 39.1 Å². The van der Waals surface area contributed by atoms with E-state index in [9.17, 15) is 0 Å². The largest absolute Gasteiger partial charge is 0.383 e. The summed E-state index contributed by atoms with van der Waals surface area (Å²) in [5.41, 5.74) is 1.03. The molecule has 1 saturated carbocycles. The van der Waals surface area contributed by atoms with E-state index in [4.69, 9.17) is 4.74 Å². The van der Waals surface area contributed by atoms with Crippen molar-refractivity contribution in [2.24, 2.45) is 0 Å². The summed E-state index contributed by atoms with van der Waals surface area (Å²) < 4.78 is 9.00. The topological polar surface area (TPSA) is 56.9 Å². The average Bonchev–Trinajstić information content (AvgIpc) is 3.18. The Morgan fingerprint density at radius 2 is 2.25 bits per heavy atom. The predicted molar refractivity (Wildman–Crippen MR) is 77.1 cm³/mol. The van der Waals surface area contributed by atoms with E-state index in [1.165, 1.54) is 25.7 Å². The van der Waals surface area contributed by atoms with E-state index in [0.717, 1.165) is 18.2 Å². The van der Waals surface area contributed by atoms with Crippen LogP contribution in [0.3, 0.4) is 0 Å². The first-order valence-electron chi connectivity index (χ1n) is 7.18. The molecule has 0 amide bonds. The van der Waals surface area contributed by atoms with Crippen LogP contribution in [0.2, 0.25) is 0 Å². The highest BCUT2D eigenvalue weighted by Gasteiger charge is 2.17. The Balaban J connectivity index is 1.72. The van der Waals surface area contributed by atoms with Crippen molar-refractivity contribution in [2.75, 3.05) is 19.0 Å². The van der Waals surface area contributed by atoms with Gasteiger partial charge in [0.05, 0.1) is 25.0 Å². The molecule has 6 heteroatoms. The van der Waals surface area contributed by atoms with Gasteiger partial charge in [0.25, 0.3) is 0 Å². The number of imidazole rings is 1. The minimum atomic E-state index is 0.555. The SMILES string of the molecule is COCCn1cc(-n2ccnc2NC2CCCC2)cn1. The van der Waals surface area contributed by atoms with Crippen LogP contribution in [0.1, 0.15) is 25.7 Å². The van der Waals surface area contributed by atoms with E-state index in [-0.39, 0.29) is 0 Å². The third kappa shape index (κ3) is 2.85. The number of rotatable bonds is 6. The number of hydrogen-bond acceptors (Lipinski definition) is 4. The molecule has 2 heterocycles. The first kappa shape index (κ1) is 13.2. The fraction of sp³-hybridized carbons (Fsp3) is 0.571. The van der Waals surface area contributed by atoms with Crippen molar-refractivity contribution in [1.29, 1.82) is 0 Å². The summed E-state index contributed by atoms with van der Waals surface area (Å²) in [6.45, 7) is 1.43. The van der Waals surface area contributed by atoms with E-state index < -0.39 is 0 Å². The average molecular weight is 275 g/mol. The summed E-state index contributed by atoms with van der Waals surface area (Å²) in [7, 11) is 1.70. The molecule has 3 rings (SSSR count). The van der Waals surface area contributed by atoms with E-state index in [2.05, 4.69) is 20.0 Å². The van der Waals surface area contributed by atoms with Crippen LogP contribution in [0, 0.1) is 0 Å². The maximum atomic E-state index is 5.07. The molecule has 0 radical (unpaired) electrons. The molecule has 1 aliphatic rings. The van der Waals surface area contributed by atoms with Crippen LogP contribution in [0.4, 0.5) is 5.95 Å². The number of hydrogen-bond donors (Lipinski definition) is 1. The molecule has 0 atom stereocenters. The van der Waals surface area contributed by atoms with Crippen molar-refractivity contribution >= 4 is 5.95 Å². The monoisotopic (exact) mass is 275 g/mol. The summed E-state index contributed by atoms with van der Waals surface area (Å²) in [6, 6.07) is 0.555. The Kier molecular flexibility index (Phi) is 4.01. The summed E-state index contributed by atoms with van der Waals surface area (Å²) in [5, 5.41) is 7.87. The zero-order valence-corrected chi connectivity index (χ0v) is 11.8. The number of anilines is 1. The molecule has 2 aromatic rings. The van der Waals surface area contributed by atoms with Gasteiger partial charge in [0.15, 0.2) is 0 Å². The quantitative estimate of drug-likeness (QED) is 0.877. The minimum absolute atomic E-state index is 0.555. The van der Waals surface area contributed by atoms with Gasteiger partial charge >= 0.3 is 0 Å². The zero-order valence-electron chi connectivity index (χ0n) is 11.8. The highest BCUT2D eigenvalue weighted by Crippen LogP contribution is 2.22. The van der Waals surface area contributed by atoms with Gasteiger partial charge in [0.1, 0.15) is 0 Å².